The highest BCUT2D eigenvalue weighted by molar-refractivity contribution is 5.94. The number of ether oxygens (including phenoxy) is 1. The van der Waals surface area contributed by atoms with E-state index in [-0.39, 0.29) is 11.3 Å². The van der Waals surface area contributed by atoms with Gasteiger partial charge in [-0.05, 0) is 78.9 Å². The van der Waals surface area contributed by atoms with Gasteiger partial charge in [0.15, 0.2) is 5.60 Å². The molecule has 7 nitrogen and oxygen atoms in total. The van der Waals surface area contributed by atoms with Crippen LogP contribution in [-0.4, -0.2) is 46.2 Å². The molecule has 0 aliphatic carbocycles. The molecule has 0 fully saturated rings. The molecule has 0 saturated heterocycles. The minimum Gasteiger partial charge on any atom is -0.496 e. The Labute approximate surface area is 228 Å². The molecule has 0 radical (unpaired) electrons. The number of nitrogens with two attached hydrogens (primary N) is 1. The van der Waals surface area contributed by atoms with E-state index in [0.717, 1.165) is 17.7 Å². The van der Waals surface area contributed by atoms with Crippen LogP contribution in [0.2, 0.25) is 0 Å². The van der Waals surface area contributed by atoms with Crippen LogP contribution in [0.15, 0.2) is 60.8 Å². The lowest BCUT2D eigenvalue weighted by Gasteiger charge is -2.38. The lowest BCUT2D eigenvalue weighted by atomic mass is 9.74. The zero-order valence-corrected chi connectivity index (χ0v) is 22.4. The van der Waals surface area contributed by atoms with Crippen molar-refractivity contribution in [3.8, 4) is 11.4 Å². The molecule has 0 aliphatic heterocycles. The summed E-state index contributed by atoms with van der Waals surface area (Å²) in [6, 6.07) is 13.5. The average molecular weight is 559 g/mol. The second-order valence-corrected chi connectivity index (χ2v) is 10.5. The summed E-state index contributed by atoms with van der Waals surface area (Å²) in [4.78, 5) is 11.4. The predicted molar refractivity (Wildman–Crippen MR) is 144 cm³/mol. The standard InChI is InChI=1S/C29H30F4N4O3/c1-17-11-23(21-14-36-37(24(21)12-17)20-8-5-18(6-9-20)26(34)38)35-16-28(39,29(31,32)33)15-27(2,3)22-13-19(30)7-10-25(22)40-4/h5-14,35,39H,15-16H2,1-4H3,(H2,34,38). The maximum Gasteiger partial charge on any atom is 0.418 e. The fourth-order valence-corrected chi connectivity index (χ4v) is 4.93. The van der Waals surface area contributed by atoms with Gasteiger partial charge in [0.05, 0.1) is 31.1 Å². The minimum atomic E-state index is -5.01. The normalized spacial score (nSPS) is 13.7. The quantitative estimate of drug-likeness (QED) is 0.230. The molecule has 0 spiro atoms. The van der Waals surface area contributed by atoms with Crippen LogP contribution < -0.4 is 15.8 Å². The number of benzene rings is 3. The highest BCUT2D eigenvalue weighted by Gasteiger charge is 2.56. The van der Waals surface area contributed by atoms with E-state index in [9.17, 15) is 27.5 Å². The number of fused-ring (bicyclic) bond motifs is 1. The van der Waals surface area contributed by atoms with Crippen LogP contribution in [0.5, 0.6) is 5.75 Å². The summed E-state index contributed by atoms with van der Waals surface area (Å²) in [6.07, 6.45) is -4.27. The third kappa shape index (κ3) is 5.60. The Morgan fingerprint density at radius 1 is 1.10 bits per heavy atom. The van der Waals surface area contributed by atoms with Crippen LogP contribution in [0.3, 0.4) is 0 Å². The number of rotatable bonds is 9. The Balaban J connectivity index is 1.67. The van der Waals surface area contributed by atoms with Crippen LogP contribution in [0, 0.1) is 12.7 Å². The zero-order valence-electron chi connectivity index (χ0n) is 22.4. The van der Waals surface area contributed by atoms with Crippen LogP contribution >= 0.6 is 0 Å². The summed E-state index contributed by atoms with van der Waals surface area (Å²) in [6.45, 7) is 3.92. The number of methoxy groups -OCH3 is 1. The number of alkyl halides is 3. The van der Waals surface area contributed by atoms with Crippen molar-refractivity contribution in [2.75, 3.05) is 19.0 Å². The number of aromatic nitrogens is 2. The monoisotopic (exact) mass is 558 g/mol. The molecule has 1 unspecified atom stereocenters. The van der Waals surface area contributed by atoms with Gasteiger partial charge in [-0.25, -0.2) is 9.07 Å². The van der Waals surface area contributed by atoms with Crippen molar-refractivity contribution in [2.24, 2.45) is 5.73 Å². The van der Waals surface area contributed by atoms with Crippen molar-refractivity contribution >= 4 is 22.5 Å². The molecule has 40 heavy (non-hydrogen) atoms. The first-order chi connectivity index (χ1) is 18.6. The fourth-order valence-electron chi connectivity index (χ4n) is 4.93. The first kappa shape index (κ1) is 28.9. The Bertz CT molecular complexity index is 1550. The van der Waals surface area contributed by atoms with Gasteiger partial charge in [0, 0.05) is 22.2 Å². The summed E-state index contributed by atoms with van der Waals surface area (Å²) in [5.74, 6) is -0.975. The van der Waals surface area contributed by atoms with Crippen molar-refractivity contribution in [1.82, 2.24) is 9.78 Å². The molecule has 0 aliphatic rings. The maximum atomic E-state index is 14.4. The molecular weight excluding hydrogens is 528 g/mol. The van der Waals surface area contributed by atoms with Gasteiger partial charge in [0.1, 0.15) is 11.6 Å². The number of anilines is 1. The number of carbonyl (C=O) groups excluding carboxylic acids is 1. The van der Waals surface area contributed by atoms with Gasteiger partial charge in [-0.2, -0.15) is 18.3 Å². The molecule has 212 valence electrons. The Hall–Kier alpha value is -4.12. The number of hydrogen-bond donors (Lipinski definition) is 3. The molecule has 1 atom stereocenters. The zero-order chi connectivity index (χ0) is 29.5. The van der Waals surface area contributed by atoms with E-state index in [4.69, 9.17) is 10.5 Å². The van der Waals surface area contributed by atoms with E-state index >= 15 is 0 Å². The molecule has 1 amide bonds. The number of primary amides is 1. The van der Waals surface area contributed by atoms with Gasteiger partial charge < -0.3 is 20.9 Å². The second-order valence-electron chi connectivity index (χ2n) is 10.5. The van der Waals surface area contributed by atoms with Gasteiger partial charge in [-0.1, -0.05) is 13.8 Å². The number of nitrogens with zero attached hydrogens (tertiary/aromatic N) is 2. The topological polar surface area (TPSA) is 102 Å². The van der Waals surface area contributed by atoms with Crippen molar-refractivity contribution < 1.29 is 32.2 Å². The summed E-state index contributed by atoms with van der Waals surface area (Å²) < 4.78 is 64.0. The van der Waals surface area contributed by atoms with Crippen LogP contribution in [0.25, 0.3) is 16.6 Å². The highest BCUT2D eigenvalue weighted by Crippen LogP contribution is 2.44. The summed E-state index contributed by atoms with van der Waals surface area (Å²) >= 11 is 0. The molecule has 11 heteroatoms. The summed E-state index contributed by atoms with van der Waals surface area (Å²) in [5.41, 5.74) is 3.66. The SMILES string of the molecule is COc1ccc(F)cc1C(C)(C)CC(O)(CNc1cc(C)cc2c1cnn2-c1ccc(C(N)=O)cc1)C(F)(F)F. The molecular formula is C29H30F4N4O3. The van der Waals surface area contributed by atoms with Crippen molar-refractivity contribution in [3.63, 3.8) is 0 Å². The first-order valence-corrected chi connectivity index (χ1v) is 12.4. The molecule has 4 aromatic rings. The molecule has 0 saturated carbocycles. The van der Waals surface area contributed by atoms with E-state index in [1.54, 1.807) is 41.9 Å². The Morgan fingerprint density at radius 2 is 1.77 bits per heavy atom. The molecule has 0 bridgehead atoms. The number of nitrogens with one attached hydrogen (secondary N) is 1. The Kier molecular flexibility index (Phi) is 7.55. The molecule has 4 N–H and O–H groups in total. The third-order valence-corrected chi connectivity index (χ3v) is 6.95. The van der Waals surface area contributed by atoms with E-state index in [1.807, 2.05) is 6.07 Å². The molecule has 1 heterocycles. The van der Waals surface area contributed by atoms with Crippen molar-refractivity contribution in [3.05, 3.63) is 83.3 Å². The minimum absolute atomic E-state index is 0.208. The van der Waals surface area contributed by atoms with Gasteiger partial charge in [0.25, 0.3) is 0 Å². The van der Waals surface area contributed by atoms with Crippen LogP contribution in [-0.2, 0) is 5.41 Å². The van der Waals surface area contributed by atoms with E-state index in [0.29, 0.717) is 27.8 Å². The average Bonchev–Trinajstić information content (AvgIpc) is 3.30. The van der Waals surface area contributed by atoms with E-state index in [2.05, 4.69) is 10.4 Å². The second kappa shape index (κ2) is 10.5. The summed E-state index contributed by atoms with van der Waals surface area (Å²) in [7, 11) is 1.35. The molecule has 1 aromatic heterocycles. The van der Waals surface area contributed by atoms with E-state index < -0.39 is 41.9 Å². The number of amides is 1. The van der Waals surface area contributed by atoms with Gasteiger partial charge in [0.2, 0.25) is 5.91 Å². The fraction of sp³-hybridized carbons (Fsp3) is 0.310. The number of hydrogen-bond acceptors (Lipinski definition) is 5. The summed E-state index contributed by atoms with van der Waals surface area (Å²) in [5, 5.41) is 18.8. The lowest BCUT2D eigenvalue weighted by molar-refractivity contribution is -0.260. The molecule has 3 aromatic carbocycles. The number of halogens is 4. The highest BCUT2D eigenvalue weighted by atomic mass is 19.4. The predicted octanol–water partition coefficient (Wildman–Crippen LogP) is 5.65. The number of aryl methyl sites for hydroxylation is 1. The maximum absolute atomic E-state index is 14.4. The molecule has 4 rings (SSSR count). The van der Waals surface area contributed by atoms with Crippen molar-refractivity contribution in [2.45, 2.75) is 44.4 Å². The third-order valence-electron chi connectivity index (χ3n) is 6.95. The van der Waals surface area contributed by atoms with Gasteiger partial charge >= 0.3 is 6.18 Å². The van der Waals surface area contributed by atoms with Gasteiger partial charge in [-0.15, -0.1) is 0 Å². The first-order valence-electron chi connectivity index (χ1n) is 12.4. The largest absolute Gasteiger partial charge is 0.496 e. The Morgan fingerprint density at radius 3 is 2.38 bits per heavy atom. The van der Waals surface area contributed by atoms with Crippen LogP contribution in [0.4, 0.5) is 23.2 Å². The van der Waals surface area contributed by atoms with Crippen LogP contribution in [0.1, 0.15) is 41.8 Å². The lowest BCUT2D eigenvalue weighted by Crippen LogP contribution is -2.53. The number of carbonyl (C=O) groups is 1. The van der Waals surface area contributed by atoms with E-state index in [1.165, 1.54) is 33.2 Å². The smallest absolute Gasteiger partial charge is 0.418 e. The van der Waals surface area contributed by atoms with Gasteiger partial charge in [-0.3, -0.25) is 4.79 Å². The number of aliphatic hydroxyl groups is 1. The van der Waals surface area contributed by atoms with Crippen molar-refractivity contribution in [1.29, 1.82) is 0 Å².